The molecule has 17 heavy (non-hydrogen) atoms. The van der Waals surface area contributed by atoms with Gasteiger partial charge in [0.05, 0.1) is 0 Å². The molecule has 0 aromatic heterocycles. The van der Waals surface area contributed by atoms with Gasteiger partial charge >= 0.3 is 16.8 Å². The third-order valence-corrected chi connectivity index (χ3v) is 0. The molecule has 0 rings (SSSR count). The van der Waals surface area contributed by atoms with Gasteiger partial charge in [0.25, 0.3) is 0 Å². The van der Waals surface area contributed by atoms with Crippen molar-refractivity contribution in [3.63, 3.8) is 0 Å². The third-order valence-electron chi connectivity index (χ3n) is 0. The smallest absolute Gasteiger partial charge is 0.550 e. The Labute approximate surface area is 107 Å². The summed E-state index contributed by atoms with van der Waals surface area (Å²) in [5.41, 5.74) is 0. The van der Waals surface area contributed by atoms with E-state index in [0.717, 1.165) is 13.8 Å². The fourth-order valence-electron chi connectivity index (χ4n) is 0. The zero-order chi connectivity index (χ0) is 7.15. The van der Waals surface area contributed by atoms with Crippen molar-refractivity contribution in [2.75, 3.05) is 0 Å². The van der Waals surface area contributed by atoms with Gasteiger partial charge in [-0.2, -0.15) is 0 Å². The van der Waals surface area contributed by atoms with E-state index in [2.05, 4.69) is 0 Å². The number of carboxylic acid groups (broad SMARTS) is 2. The first-order valence-electron chi connectivity index (χ1n) is 1.82. The van der Waals surface area contributed by atoms with E-state index in [0.29, 0.717) is 0 Å². The SMILES string of the molecule is CC(=O)[O-].CC(=O)[O-].O.O.O.O.O.O.O.O.[Co+2]. The number of aliphatic carboxylic acids is 2. The van der Waals surface area contributed by atoms with Crippen molar-refractivity contribution in [1.82, 2.24) is 0 Å². The summed E-state index contributed by atoms with van der Waals surface area (Å²) in [6.07, 6.45) is 0. The van der Waals surface area contributed by atoms with E-state index in [4.69, 9.17) is 19.8 Å². The molecule has 0 saturated carbocycles. The van der Waals surface area contributed by atoms with E-state index in [-0.39, 0.29) is 60.6 Å². The van der Waals surface area contributed by atoms with E-state index < -0.39 is 11.9 Å². The van der Waals surface area contributed by atoms with E-state index in [1.807, 2.05) is 0 Å². The number of hydrogen-bond donors (Lipinski definition) is 0. The van der Waals surface area contributed by atoms with Gasteiger partial charge in [-0.05, 0) is 13.8 Å². The first-order valence-corrected chi connectivity index (χ1v) is 1.82. The molecule has 1 radical (unpaired) electrons. The van der Waals surface area contributed by atoms with Gasteiger partial charge < -0.3 is 63.6 Å². The second kappa shape index (κ2) is 115. The van der Waals surface area contributed by atoms with E-state index in [1.165, 1.54) is 0 Å². The molecule has 0 fully saturated rings. The van der Waals surface area contributed by atoms with Gasteiger partial charge in [-0.3, -0.25) is 0 Å². The summed E-state index contributed by atoms with van der Waals surface area (Å²) in [5.74, 6) is -2.17. The average molecular weight is 321 g/mol. The molecule has 0 atom stereocenters. The summed E-state index contributed by atoms with van der Waals surface area (Å²) in [6.45, 7) is 1.94. The molecule has 0 aromatic rings. The van der Waals surface area contributed by atoms with Crippen LogP contribution in [-0.2, 0) is 26.4 Å². The molecule has 0 amide bonds. The fraction of sp³-hybridized carbons (Fsp3) is 0.500. The van der Waals surface area contributed by atoms with Gasteiger partial charge in [0.15, 0.2) is 0 Å². The minimum Gasteiger partial charge on any atom is -0.550 e. The van der Waals surface area contributed by atoms with E-state index in [9.17, 15) is 0 Å². The predicted molar refractivity (Wildman–Crippen MR) is 50.3 cm³/mol. The third kappa shape index (κ3) is 3420. The molecule has 0 aliphatic rings. The molecule has 0 spiro atoms. The molecule has 16 N–H and O–H groups in total. The maximum absolute atomic E-state index is 8.89. The monoisotopic (exact) mass is 321 g/mol. The second-order valence-corrected chi connectivity index (χ2v) is 0.983. The Morgan fingerprint density at radius 2 is 0.588 bits per heavy atom. The number of rotatable bonds is 0. The van der Waals surface area contributed by atoms with Crippen molar-refractivity contribution in [3.05, 3.63) is 0 Å². The van der Waals surface area contributed by atoms with Crippen molar-refractivity contribution >= 4 is 11.9 Å². The Kier molecular flexibility index (Phi) is 949. The van der Waals surface area contributed by atoms with Crippen LogP contribution in [0.25, 0.3) is 0 Å². The summed E-state index contributed by atoms with van der Waals surface area (Å²) < 4.78 is 0. The molecule has 12 nitrogen and oxygen atoms in total. The quantitative estimate of drug-likeness (QED) is 0.418. The van der Waals surface area contributed by atoms with E-state index >= 15 is 0 Å². The molecule has 0 saturated heterocycles. The zero-order valence-electron chi connectivity index (χ0n) is 8.97. The van der Waals surface area contributed by atoms with Crippen LogP contribution in [0, 0.1) is 0 Å². The Morgan fingerprint density at radius 3 is 0.588 bits per heavy atom. The van der Waals surface area contributed by atoms with Crippen LogP contribution in [-0.4, -0.2) is 55.7 Å². The number of carbonyl (C=O) groups excluding carboxylic acids is 2. The van der Waals surface area contributed by atoms with Gasteiger partial charge in [-0.1, -0.05) is 0 Å². The van der Waals surface area contributed by atoms with Crippen LogP contribution in [0.15, 0.2) is 0 Å². The molecule has 0 heterocycles. The minimum absolute atomic E-state index is 0. The van der Waals surface area contributed by atoms with Crippen LogP contribution < -0.4 is 10.2 Å². The summed E-state index contributed by atoms with van der Waals surface area (Å²) in [7, 11) is 0. The maximum atomic E-state index is 8.89. The summed E-state index contributed by atoms with van der Waals surface area (Å²) in [6, 6.07) is 0. The molecule has 13 heteroatoms. The molecule has 0 aliphatic carbocycles. The van der Waals surface area contributed by atoms with Crippen LogP contribution >= 0.6 is 0 Å². The Bertz CT molecular complexity index is 76.5. The van der Waals surface area contributed by atoms with Crippen molar-refractivity contribution in [2.45, 2.75) is 13.8 Å². The van der Waals surface area contributed by atoms with Gasteiger partial charge in [-0.25, -0.2) is 0 Å². The van der Waals surface area contributed by atoms with Gasteiger partial charge in [0.1, 0.15) is 0 Å². The normalized spacial score (nSPS) is 2.94. The Balaban J connectivity index is -0.00000000308. The van der Waals surface area contributed by atoms with Crippen molar-refractivity contribution < 1.29 is 80.4 Å². The Hall–Kier alpha value is -0.874. The van der Waals surface area contributed by atoms with Crippen LogP contribution in [0.2, 0.25) is 0 Å². The molecular weight excluding hydrogens is 299 g/mol. The number of carboxylic acids is 2. The van der Waals surface area contributed by atoms with Gasteiger partial charge in [0.2, 0.25) is 0 Å². The van der Waals surface area contributed by atoms with Crippen LogP contribution in [0.3, 0.4) is 0 Å². The van der Waals surface area contributed by atoms with Gasteiger partial charge in [-0.15, -0.1) is 0 Å². The summed E-state index contributed by atoms with van der Waals surface area (Å²) >= 11 is 0. The topological polar surface area (TPSA) is 332 Å². The minimum atomic E-state index is -1.08. The van der Waals surface area contributed by atoms with Crippen molar-refractivity contribution in [3.8, 4) is 0 Å². The first-order chi connectivity index (χ1) is 3.46. The zero-order valence-corrected chi connectivity index (χ0v) is 10.0. The van der Waals surface area contributed by atoms with Crippen LogP contribution in [0.5, 0.6) is 0 Å². The van der Waals surface area contributed by atoms with E-state index in [1.54, 1.807) is 0 Å². The molecule has 0 aromatic carbocycles. The second-order valence-electron chi connectivity index (χ2n) is 0.983. The number of hydrogen-bond acceptors (Lipinski definition) is 4. The average Bonchev–Trinajstić information content (AvgIpc) is 1.25. The largest absolute Gasteiger partial charge is 2.00 e. The standard InChI is InChI=1S/2C2H4O2.Co.8H2O/c2*1-2(3)4;;;;;;;;;/h2*1H3,(H,3,4);;8*1H2/q;;+2;;;;;;;;/p-2. The number of carbonyl (C=O) groups is 2. The van der Waals surface area contributed by atoms with Crippen molar-refractivity contribution in [1.29, 1.82) is 0 Å². The maximum Gasteiger partial charge on any atom is 2.00 e. The molecule has 119 valence electrons. The Morgan fingerprint density at radius 1 is 0.588 bits per heavy atom. The fourth-order valence-corrected chi connectivity index (χ4v) is 0. The molecular formula is C4H22CoO12. The summed E-state index contributed by atoms with van der Waals surface area (Å²) in [4.78, 5) is 17.8. The van der Waals surface area contributed by atoms with Crippen LogP contribution in [0.1, 0.15) is 13.8 Å². The summed E-state index contributed by atoms with van der Waals surface area (Å²) in [5, 5.41) is 17.8. The predicted octanol–water partition coefficient (Wildman–Crippen LogP) is -9.09. The van der Waals surface area contributed by atoms with Gasteiger partial charge in [0, 0.05) is 11.9 Å². The first kappa shape index (κ1) is 140. The molecule has 0 unspecified atom stereocenters. The van der Waals surface area contributed by atoms with Crippen LogP contribution in [0.4, 0.5) is 0 Å². The molecule has 0 aliphatic heterocycles. The molecule has 0 bridgehead atoms. The van der Waals surface area contributed by atoms with Crippen molar-refractivity contribution in [2.24, 2.45) is 0 Å².